The molecule has 1 aromatic heterocycles. The number of nitrogen functional groups attached to an aromatic ring is 1. The van der Waals surface area contributed by atoms with Gasteiger partial charge in [0.2, 0.25) is 0 Å². The van der Waals surface area contributed by atoms with Gasteiger partial charge >= 0.3 is 0 Å². The minimum Gasteiger partial charge on any atom is -0.383 e. The van der Waals surface area contributed by atoms with Crippen LogP contribution in [0.25, 0.3) is 5.69 Å². The number of aromatic nitrogens is 2. The summed E-state index contributed by atoms with van der Waals surface area (Å²) in [6.45, 7) is 0. The van der Waals surface area contributed by atoms with Gasteiger partial charge in [-0.2, -0.15) is 0 Å². The van der Waals surface area contributed by atoms with Crippen molar-refractivity contribution in [1.29, 1.82) is 0 Å². The Labute approximate surface area is 107 Å². The molecule has 0 bridgehead atoms. The number of rotatable bonds is 2. The summed E-state index contributed by atoms with van der Waals surface area (Å²) < 4.78 is 1.79. The lowest BCUT2D eigenvalue weighted by molar-refractivity contribution is 0.0997. The summed E-state index contributed by atoms with van der Waals surface area (Å²) in [7, 11) is 0. The van der Waals surface area contributed by atoms with Crippen LogP contribution in [0.1, 0.15) is 10.5 Å². The van der Waals surface area contributed by atoms with E-state index in [1.807, 2.05) is 0 Å². The molecule has 0 fully saturated rings. The standard InChI is InChI=1S/C10H9ClN4OS/c11-5-2-1-3-6(4-5)15-8(12)7(9(13)16)14-10(15)17/h1-4H,12H2,(H2,13,16)(H,14,17). The van der Waals surface area contributed by atoms with E-state index in [0.29, 0.717) is 15.5 Å². The maximum atomic E-state index is 11.1. The predicted molar refractivity (Wildman–Crippen MR) is 68.9 cm³/mol. The van der Waals surface area contributed by atoms with Crippen molar-refractivity contribution in [2.45, 2.75) is 0 Å². The van der Waals surface area contributed by atoms with E-state index in [1.54, 1.807) is 24.3 Å². The number of hydrogen-bond donors (Lipinski definition) is 3. The molecule has 0 aliphatic rings. The number of carbonyl (C=O) groups excluding carboxylic acids is 1. The molecule has 5 N–H and O–H groups in total. The Kier molecular flexibility index (Phi) is 2.91. The number of primary amides is 1. The van der Waals surface area contributed by atoms with Crippen LogP contribution < -0.4 is 11.5 Å². The highest BCUT2D eigenvalue weighted by atomic mass is 35.5. The Hall–Kier alpha value is -1.79. The molecule has 0 saturated heterocycles. The normalized spacial score (nSPS) is 10.4. The summed E-state index contributed by atoms with van der Waals surface area (Å²) in [5.41, 5.74) is 11.7. The smallest absolute Gasteiger partial charge is 0.268 e. The van der Waals surface area contributed by atoms with Crippen LogP contribution in [0.15, 0.2) is 24.3 Å². The number of amides is 1. The molecule has 1 heterocycles. The average molecular weight is 269 g/mol. The highest BCUT2D eigenvalue weighted by Gasteiger charge is 2.14. The number of carbonyl (C=O) groups is 1. The minimum atomic E-state index is -0.658. The Morgan fingerprint density at radius 1 is 1.47 bits per heavy atom. The zero-order valence-electron chi connectivity index (χ0n) is 8.61. The maximum absolute atomic E-state index is 11.1. The molecule has 0 spiro atoms. The molecule has 2 rings (SSSR count). The van der Waals surface area contributed by atoms with E-state index in [9.17, 15) is 4.79 Å². The van der Waals surface area contributed by atoms with E-state index in [1.165, 1.54) is 4.57 Å². The van der Waals surface area contributed by atoms with Gasteiger partial charge in [-0.25, -0.2) is 0 Å². The first-order valence-electron chi connectivity index (χ1n) is 4.67. The fourth-order valence-corrected chi connectivity index (χ4v) is 2.00. The third kappa shape index (κ3) is 2.04. The number of imidazole rings is 1. The van der Waals surface area contributed by atoms with Gasteiger partial charge in [-0.1, -0.05) is 17.7 Å². The van der Waals surface area contributed by atoms with Crippen molar-refractivity contribution >= 4 is 35.5 Å². The first-order valence-corrected chi connectivity index (χ1v) is 5.45. The first-order chi connectivity index (χ1) is 8.00. The highest BCUT2D eigenvalue weighted by molar-refractivity contribution is 7.71. The zero-order valence-corrected chi connectivity index (χ0v) is 10.2. The van der Waals surface area contributed by atoms with Gasteiger partial charge in [0.05, 0.1) is 5.69 Å². The summed E-state index contributed by atoms with van der Waals surface area (Å²) >= 11 is 11.0. The van der Waals surface area contributed by atoms with Gasteiger partial charge in [0.1, 0.15) is 11.5 Å². The third-order valence-corrected chi connectivity index (χ3v) is 2.76. The number of benzene rings is 1. The van der Waals surface area contributed by atoms with E-state index < -0.39 is 5.91 Å². The Morgan fingerprint density at radius 3 is 2.71 bits per heavy atom. The quantitative estimate of drug-likeness (QED) is 0.726. The van der Waals surface area contributed by atoms with Gasteiger partial charge < -0.3 is 16.5 Å². The molecular weight excluding hydrogens is 260 g/mol. The lowest BCUT2D eigenvalue weighted by Crippen LogP contribution is -2.14. The molecule has 0 aliphatic carbocycles. The molecule has 7 heteroatoms. The number of nitrogens with zero attached hydrogens (tertiary/aromatic N) is 1. The number of halogens is 1. The second-order valence-corrected chi connectivity index (χ2v) is 4.19. The summed E-state index contributed by atoms with van der Waals surface area (Å²) in [5, 5.41) is 0.547. The van der Waals surface area contributed by atoms with Crippen LogP contribution in [0, 0.1) is 4.77 Å². The van der Waals surface area contributed by atoms with Gasteiger partial charge in [0.25, 0.3) is 5.91 Å². The largest absolute Gasteiger partial charge is 0.383 e. The van der Waals surface area contributed by atoms with Gasteiger partial charge in [-0.3, -0.25) is 9.36 Å². The van der Waals surface area contributed by atoms with E-state index in [-0.39, 0.29) is 11.5 Å². The van der Waals surface area contributed by atoms with Gasteiger partial charge in [-0.15, -0.1) is 0 Å². The summed E-state index contributed by atoms with van der Waals surface area (Å²) in [6, 6.07) is 6.95. The fraction of sp³-hybridized carbons (Fsp3) is 0. The third-order valence-electron chi connectivity index (χ3n) is 2.24. The van der Waals surface area contributed by atoms with E-state index >= 15 is 0 Å². The number of anilines is 1. The minimum absolute atomic E-state index is 0.0926. The van der Waals surface area contributed by atoms with Crippen LogP contribution in [0.2, 0.25) is 5.02 Å². The Morgan fingerprint density at radius 2 is 2.18 bits per heavy atom. The van der Waals surface area contributed by atoms with Crippen LogP contribution in [0.4, 0.5) is 5.82 Å². The van der Waals surface area contributed by atoms with E-state index in [2.05, 4.69) is 4.98 Å². The van der Waals surface area contributed by atoms with Crippen molar-refractivity contribution in [2.75, 3.05) is 5.73 Å². The number of hydrogen-bond acceptors (Lipinski definition) is 3. The molecule has 0 atom stereocenters. The summed E-state index contributed by atoms with van der Waals surface area (Å²) in [6.07, 6.45) is 0. The summed E-state index contributed by atoms with van der Waals surface area (Å²) in [5.74, 6) is -0.487. The lowest BCUT2D eigenvalue weighted by atomic mass is 10.3. The Balaban J connectivity index is 2.68. The van der Waals surface area contributed by atoms with Crippen molar-refractivity contribution in [1.82, 2.24) is 9.55 Å². The molecule has 0 aliphatic heterocycles. The number of nitrogens with one attached hydrogen (secondary N) is 1. The van der Waals surface area contributed by atoms with Crippen molar-refractivity contribution in [2.24, 2.45) is 5.73 Å². The topological polar surface area (TPSA) is 89.8 Å². The van der Waals surface area contributed by atoms with Gasteiger partial charge in [0, 0.05) is 5.02 Å². The van der Waals surface area contributed by atoms with Crippen LogP contribution >= 0.6 is 23.8 Å². The molecule has 5 nitrogen and oxygen atoms in total. The van der Waals surface area contributed by atoms with Crippen LogP contribution in [0.5, 0.6) is 0 Å². The molecule has 1 amide bonds. The zero-order chi connectivity index (χ0) is 12.6. The van der Waals surface area contributed by atoms with Crippen LogP contribution in [-0.4, -0.2) is 15.5 Å². The molecule has 1 aromatic carbocycles. The molecule has 0 radical (unpaired) electrons. The maximum Gasteiger partial charge on any atom is 0.268 e. The number of H-pyrrole nitrogens is 1. The van der Waals surface area contributed by atoms with Gasteiger partial charge in [0.15, 0.2) is 4.77 Å². The second kappa shape index (κ2) is 4.23. The number of aromatic amines is 1. The van der Waals surface area contributed by atoms with E-state index in [4.69, 9.17) is 35.3 Å². The molecule has 2 aromatic rings. The van der Waals surface area contributed by atoms with Crippen molar-refractivity contribution in [3.63, 3.8) is 0 Å². The average Bonchev–Trinajstić information content (AvgIpc) is 2.54. The second-order valence-electron chi connectivity index (χ2n) is 3.37. The van der Waals surface area contributed by atoms with E-state index in [0.717, 1.165) is 0 Å². The first kappa shape index (κ1) is 11.7. The molecule has 88 valence electrons. The van der Waals surface area contributed by atoms with Crippen molar-refractivity contribution in [3.8, 4) is 5.69 Å². The van der Waals surface area contributed by atoms with Crippen LogP contribution in [-0.2, 0) is 0 Å². The fourth-order valence-electron chi connectivity index (χ4n) is 1.51. The highest BCUT2D eigenvalue weighted by Crippen LogP contribution is 2.20. The molecular formula is C10H9ClN4OS. The Bertz CT molecular complexity index is 646. The lowest BCUT2D eigenvalue weighted by Gasteiger charge is -2.05. The van der Waals surface area contributed by atoms with Crippen molar-refractivity contribution in [3.05, 3.63) is 39.8 Å². The molecule has 0 saturated carbocycles. The molecule has 17 heavy (non-hydrogen) atoms. The SMILES string of the molecule is NC(=O)c1[nH]c(=S)n(-c2cccc(Cl)c2)c1N. The predicted octanol–water partition coefficient (Wildman–Crippen LogP) is 1.87. The molecule has 0 unspecified atom stereocenters. The summed E-state index contributed by atoms with van der Waals surface area (Å²) in [4.78, 5) is 13.8. The van der Waals surface area contributed by atoms with Crippen molar-refractivity contribution < 1.29 is 4.79 Å². The monoisotopic (exact) mass is 268 g/mol. The van der Waals surface area contributed by atoms with Gasteiger partial charge in [-0.05, 0) is 30.4 Å². The van der Waals surface area contributed by atoms with Crippen LogP contribution in [0.3, 0.4) is 0 Å². The number of nitrogens with two attached hydrogens (primary N) is 2.